The first-order valence-corrected chi connectivity index (χ1v) is 10.8. The molecule has 0 radical (unpaired) electrons. The van der Waals surface area contributed by atoms with Crippen LogP contribution in [0.5, 0.6) is 0 Å². The summed E-state index contributed by atoms with van der Waals surface area (Å²) in [7, 11) is 0. The van der Waals surface area contributed by atoms with Crippen molar-refractivity contribution in [3.05, 3.63) is 114 Å². The van der Waals surface area contributed by atoms with Gasteiger partial charge in [0.25, 0.3) is 5.91 Å². The predicted octanol–water partition coefficient (Wildman–Crippen LogP) is 4.56. The van der Waals surface area contributed by atoms with Crippen LogP contribution in [0, 0.1) is 0 Å². The Kier molecular flexibility index (Phi) is 5.09. The molecule has 4 aromatic rings. The normalized spacial score (nSPS) is 14.8. The van der Waals surface area contributed by atoms with Gasteiger partial charge in [0.15, 0.2) is 5.78 Å². The molecule has 1 aromatic carbocycles. The Morgan fingerprint density at radius 3 is 2.65 bits per heavy atom. The van der Waals surface area contributed by atoms with Crippen molar-refractivity contribution in [1.82, 2.24) is 14.5 Å². The fourth-order valence-electron chi connectivity index (χ4n) is 3.68. The molecule has 7 heteroatoms. The molecule has 0 bridgehead atoms. The highest BCUT2D eigenvalue weighted by molar-refractivity contribution is 7.99. The summed E-state index contributed by atoms with van der Waals surface area (Å²) in [6.07, 6.45) is 8.74. The van der Waals surface area contributed by atoms with Crippen LogP contribution < -0.4 is 5.32 Å². The van der Waals surface area contributed by atoms with Gasteiger partial charge in [-0.3, -0.25) is 19.6 Å². The zero-order chi connectivity index (χ0) is 21.2. The summed E-state index contributed by atoms with van der Waals surface area (Å²) in [6.45, 7) is 0. The van der Waals surface area contributed by atoms with Crippen LogP contribution in [0.4, 0.5) is 5.69 Å². The second-order valence-electron chi connectivity index (χ2n) is 7.13. The third kappa shape index (κ3) is 3.75. The van der Waals surface area contributed by atoms with Gasteiger partial charge in [0.1, 0.15) is 5.37 Å². The van der Waals surface area contributed by atoms with E-state index in [2.05, 4.69) is 19.9 Å². The van der Waals surface area contributed by atoms with Crippen LogP contribution >= 0.6 is 11.8 Å². The molecule has 0 spiro atoms. The van der Waals surface area contributed by atoms with E-state index in [4.69, 9.17) is 0 Å². The first kappa shape index (κ1) is 19.3. The van der Waals surface area contributed by atoms with E-state index in [1.807, 2.05) is 30.6 Å². The molecule has 1 amide bonds. The number of pyridine rings is 2. The number of nitrogens with zero attached hydrogens (tertiary/aromatic N) is 3. The minimum absolute atomic E-state index is 0.112. The molecule has 0 saturated carbocycles. The van der Waals surface area contributed by atoms with Crippen LogP contribution in [0.15, 0.2) is 85.6 Å². The van der Waals surface area contributed by atoms with Crippen molar-refractivity contribution in [2.75, 3.05) is 5.32 Å². The summed E-state index contributed by atoms with van der Waals surface area (Å²) in [6, 6.07) is 16.2. The molecule has 3 aromatic heterocycles. The summed E-state index contributed by atoms with van der Waals surface area (Å²) < 4.78 is 2.12. The van der Waals surface area contributed by atoms with Gasteiger partial charge in [0.2, 0.25) is 0 Å². The van der Waals surface area contributed by atoms with Crippen molar-refractivity contribution < 1.29 is 9.59 Å². The maximum atomic E-state index is 13.0. The van der Waals surface area contributed by atoms with Crippen LogP contribution in [-0.4, -0.2) is 26.2 Å². The molecule has 31 heavy (non-hydrogen) atoms. The molecule has 4 heterocycles. The lowest BCUT2D eigenvalue weighted by Crippen LogP contribution is -2.14. The highest BCUT2D eigenvalue weighted by Gasteiger charge is 2.28. The number of anilines is 1. The van der Waals surface area contributed by atoms with E-state index in [9.17, 15) is 9.59 Å². The molecule has 1 N–H and O–H groups in total. The molecule has 6 nitrogen and oxygen atoms in total. The quantitative estimate of drug-likeness (QED) is 0.474. The fraction of sp³-hybridized carbons (Fsp3) is 0.0833. The van der Waals surface area contributed by atoms with Gasteiger partial charge in [-0.1, -0.05) is 18.2 Å². The molecular formula is C24H18N4O2S. The third-order valence-electron chi connectivity index (χ3n) is 5.19. The van der Waals surface area contributed by atoms with E-state index in [0.717, 1.165) is 17.0 Å². The topological polar surface area (TPSA) is 76.9 Å². The van der Waals surface area contributed by atoms with Gasteiger partial charge >= 0.3 is 0 Å². The first-order chi connectivity index (χ1) is 15.2. The number of amides is 1. The number of carbonyl (C=O) groups is 2. The lowest BCUT2D eigenvalue weighted by atomic mass is 10.0. The summed E-state index contributed by atoms with van der Waals surface area (Å²) >= 11 is 1.77. The highest BCUT2D eigenvalue weighted by Crippen LogP contribution is 2.41. The van der Waals surface area contributed by atoms with Gasteiger partial charge in [0, 0.05) is 64.8 Å². The molecule has 1 aliphatic rings. The molecule has 1 unspecified atom stereocenters. The van der Waals surface area contributed by atoms with Crippen molar-refractivity contribution in [3.8, 4) is 0 Å². The highest BCUT2D eigenvalue weighted by atomic mass is 32.2. The minimum atomic E-state index is -0.185. The van der Waals surface area contributed by atoms with Crippen LogP contribution in [-0.2, 0) is 5.75 Å². The number of carbonyl (C=O) groups excluding carboxylic acids is 2. The molecule has 5 rings (SSSR count). The molecular weight excluding hydrogens is 408 g/mol. The van der Waals surface area contributed by atoms with E-state index in [0.29, 0.717) is 22.4 Å². The molecule has 0 saturated heterocycles. The lowest BCUT2D eigenvalue weighted by Gasteiger charge is -2.12. The summed E-state index contributed by atoms with van der Waals surface area (Å²) in [4.78, 5) is 33.8. The van der Waals surface area contributed by atoms with Crippen molar-refractivity contribution in [3.63, 3.8) is 0 Å². The Hall–Kier alpha value is -3.71. The minimum Gasteiger partial charge on any atom is -0.333 e. The van der Waals surface area contributed by atoms with Crippen LogP contribution in [0.1, 0.15) is 42.9 Å². The number of benzene rings is 1. The maximum absolute atomic E-state index is 13.0. The van der Waals surface area contributed by atoms with Gasteiger partial charge < -0.3 is 9.88 Å². The Morgan fingerprint density at radius 2 is 1.84 bits per heavy atom. The lowest BCUT2D eigenvalue weighted by molar-refractivity contribution is 0.102. The Morgan fingerprint density at radius 1 is 0.968 bits per heavy atom. The zero-order valence-electron chi connectivity index (χ0n) is 16.4. The molecule has 0 aliphatic carbocycles. The predicted molar refractivity (Wildman–Crippen MR) is 120 cm³/mol. The number of thioether (sulfide) groups is 1. The number of fused-ring (bicyclic) bond motifs is 1. The Balaban J connectivity index is 1.36. The molecule has 0 fully saturated rings. The number of aromatic nitrogens is 3. The second kappa shape index (κ2) is 8.20. The van der Waals surface area contributed by atoms with Gasteiger partial charge in [0.05, 0.1) is 5.56 Å². The zero-order valence-corrected chi connectivity index (χ0v) is 17.3. The van der Waals surface area contributed by atoms with Crippen molar-refractivity contribution in [2.45, 2.75) is 11.1 Å². The van der Waals surface area contributed by atoms with Gasteiger partial charge in [-0.2, -0.15) is 0 Å². The van der Waals surface area contributed by atoms with E-state index >= 15 is 0 Å². The second-order valence-corrected chi connectivity index (χ2v) is 8.20. The Bertz CT molecular complexity index is 1260. The van der Waals surface area contributed by atoms with Crippen LogP contribution in [0.2, 0.25) is 0 Å². The standard InChI is InChI=1S/C24H18N4O2S/c29-22(16-6-10-25-11-7-16)17-3-1-5-19(13-17)27-23(30)20-8-12-28-21(20)15-31-24(28)18-4-2-9-26-14-18/h1-14,24H,15H2,(H,27,30). The summed E-state index contributed by atoms with van der Waals surface area (Å²) in [5, 5.41) is 3.05. The third-order valence-corrected chi connectivity index (χ3v) is 6.45. The van der Waals surface area contributed by atoms with Crippen LogP contribution in [0.3, 0.4) is 0 Å². The molecule has 152 valence electrons. The largest absolute Gasteiger partial charge is 0.333 e. The molecule has 1 atom stereocenters. The van der Waals surface area contributed by atoms with E-state index < -0.39 is 0 Å². The summed E-state index contributed by atoms with van der Waals surface area (Å²) in [5.74, 6) is 0.448. The van der Waals surface area contributed by atoms with E-state index in [1.54, 1.807) is 66.8 Å². The van der Waals surface area contributed by atoms with Crippen LogP contribution in [0.25, 0.3) is 0 Å². The van der Waals surface area contributed by atoms with Crippen molar-refractivity contribution in [2.24, 2.45) is 0 Å². The van der Waals surface area contributed by atoms with Crippen molar-refractivity contribution >= 4 is 29.1 Å². The number of nitrogens with one attached hydrogen (secondary N) is 1. The number of ketones is 1. The Labute approximate surface area is 183 Å². The van der Waals surface area contributed by atoms with Gasteiger partial charge in [-0.25, -0.2) is 0 Å². The number of hydrogen-bond acceptors (Lipinski definition) is 5. The number of rotatable bonds is 5. The van der Waals surface area contributed by atoms with Gasteiger partial charge in [-0.15, -0.1) is 11.8 Å². The van der Waals surface area contributed by atoms with E-state index in [-0.39, 0.29) is 17.1 Å². The molecule has 1 aliphatic heterocycles. The smallest absolute Gasteiger partial charge is 0.257 e. The van der Waals surface area contributed by atoms with Gasteiger partial charge in [-0.05, 0) is 36.4 Å². The maximum Gasteiger partial charge on any atom is 0.257 e. The fourth-order valence-corrected chi connectivity index (χ4v) is 4.99. The van der Waals surface area contributed by atoms with Crippen molar-refractivity contribution in [1.29, 1.82) is 0 Å². The number of hydrogen-bond donors (Lipinski definition) is 1. The first-order valence-electron chi connectivity index (χ1n) is 9.78. The average Bonchev–Trinajstić information content (AvgIpc) is 3.42. The SMILES string of the molecule is O=C(c1ccncc1)c1cccc(NC(=O)c2ccn3c2CSC3c2cccnc2)c1. The van der Waals surface area contributed by atoms with E-state index in [1.165, 1.54) is 0 Å². The average molecular weight is 427 g/mol. The summed E-state index contributed by atoms with van der Waals surface area (Å²) in [5.41, 5.74) is 4.39. The monoisotopic (exact) mass is 426 g/mol.